The number of carbonyl (C=O) groups is 1. The molecule has 0 heterocycles. The van der Waals surface area contributed by atoms with Crippen LogP contribution in [0.5, 0.6) is 0 Å². The maximum absolute atomic E-state index is 13.7. The number of nitrogens with two attached hydrogens (primary N) is 1. The first kappa shape index (κ1) is 15.0. The van der Waals surface area contributed by atoms with E-state index in [-0.39, 0.29) is 11.6 Å². The van der Waals surface area contributed by atoms with Crippen molar-refractivity contribution in [3.8, 4) is 0 Å². The number of nitrogens with zero attached hydrogens (tertiary/aromatic N) is 1. The second-order valence-corrected chi connectivity index (χ2v) is 4.86. The fourth-order valence-electron chi connectivity index (χ4n) is 2.08. The third-order valence-corrected chi connectivity index (χ3v) is 3.48. The minimum atomic E-state index is -1.13. The molecule has 0 spiro atoms. The van der Waals surface area contributed by atoms with Crippen molar-refractivity contribution in [2.45, 2.75) is 13.0 Å². The van der Waals surface area contributed by atoms with Crippen molar-refractivity contribution in [2.24, 2.45) is 0 Å². The van der Waals surface area contributed by atoms with E-state index in [2.05, 4.69) is 0 Å². The van der Waals surface area contributed by atoms with E-state index in [0.717, 1.165) is 11.6 Å². The van der Waals surface area contributed by atoms with Gasteiger partial charge in [0.15, 0.2) is 11.6 Å². The van der Waals surface area contributed by atoms with E-state index < -0.39 is 17.5 Å². The normalized spacial score (nSPS) is 12.0. The van der Waals surface area contributed by atoms with Gasteiger partial charge in [-0.25, -0.2) is 8.78 Å². The smallest absolute Gasteiger partial charge is 0.257 e. The van der Waals surface area contributed by atoms with Gasteiger partial charge >= 0.3 is 0 Å². The van der Waals surface area contributed by atoms with Crippen molar-refractivity contribution in [2.75, 3.05) is 12.8 Å². The molecule has 0 fully saturated rings. The van der Waals surface area contributed by atoms with Gasteiger partial charge in [-0.05, 0) is 36.8 Å². The van der Waals surface area contributed by atoms with E-state index >= 15 is 0 Å². The quantitative estimate of drug-likeness (QED) is 0.881. The van der Waals surface area contributed by atoms with E-state index in [0.29, 0.717) is 5.69 Å². The lowest BCUT2D eigenvalue weighted by atomic mass is 10.1. The van der Waals surface area contributed by atoms with Crippen molar-refractivity contribution in [1.29, 1.82) is 0 Å². The predicted octanol–water partition coefficient (Wildman–Crippen LogP) is 3.38. The van der Waals surface area contributed by atoms with Crippen LogP contribution in [0.3, 0.4) is 0 Å². The number of anilines is 1. The molecule has 0 aliphatic carbocycles. The van der Waals surface area contributed by atoms with Gasteiger partial charge < -0.3 is 10.6 Å². The standard InChI is InChI=1S/C16H16F2N2O/c1-10(11-5-3-6-12(19)9-11)20(2)16(21)13-7-4-8-14(17)15(13)18/h3-10H,19H2,1-2H3. The summed E-state index contributed by atoms with van der Waals surface area (Å²) in [5.41, 5.74) is 6.83. The van der Waals surface area contributed by atoms with Gasteiger partial charge in [-0.3, -0.25) is 4.79 Å². The lowest BCUT2D eigenvalue weighted by molar-refractivity contribution is 0.0737. The van der Waals surface area contributed by atoms with Gasteiger partial charge in [0.2, 0.25) is 0 Å². The maximum Gasteiger partial charge on any atom is 0.257 e. The molecule has 0 bridgehead atoms. The Labute approximate surface area is 122 Å². The number of amides is 1. The molecule has 110 valence electrons. The lowest BCUT2D eigenvalue weighted by Gasteiger charge is -2.25. The Morgan fingerprint density at radius 1 is 1.19 bits per heavy atom. The van der Waals surface area contributed by atoms with E-state index in [1.165, 1.54) is 17.0 Å². The molecule has 5 heteroatoms. The van der Waals surface area contributed by atoms with E-state index in [1.807, 2.05) is 6.07 Å². The summed E-state index contributed by atoms with van der Waals surface area (Å²) < 4.78 is 26.9. The highest BCUT2D eigenvalue weighted by atomic mass is 19.2. The molecule has 2 aromatic rings. The molecular weight excluding hydrogens is 274 g/mol. The summed E-state index contributed by atoms with van der Waals surface area (Å²) in [6.07, 6.45) is 0. The summed E-state index contributed by atoms with van der Waals surface area (Å²) in [5, 5.41) is 0. The number of hydrogen-bond donors (Lipinski definition) is 1. The predicted molar refractivity (Wildman–Crippen MR) is 77.7 cm³/mol. The van der Waals surface area contributed by atoms with E-state index in [1.54, 1.807) is 32.2 Å². The van der Waals surface area contributed by atoms with Gasteiger partial charge in [0.25, 0.3) is 5.91 Å². The topological polar surface area (TPSA) is 46.3 Å². The highest BCUT2D eigenvalue weighted by Crippen LogP contribution is 2.23. The molecule has 2 rings (SSSR count). The second-order valence-electron chi connectivity index (χ2n) is 4.86. The van der Waals surface area contributed by atoms with Crippen LogP contribution in [0.1, 0.15) is 28.9 Å². The highest BCUT2D eigenvalue weighted by Gasteiger charge is 2.23. The maximum atomic E-state index is 13.7. The number of halogens is 2. The minimum Gasteiger partial charge on any atom is -0.399 e. The van der Waals surface area contributed by atoms with Gasteiger partial charge in [0.05, 0.1) is 11.6 Å². The first-order valence-electron chi connectivity index (χ1n) is 6.48. The fraction of sp³-hybridized carbons (Fsp3) is 0.188. The minimum absolute atomic E-state index is 0.284. The van der Waals surface area contributed by atoms with Crippen molar-refractivity contribution < 1.29 is 13.6 Å². The number of nitrogen functional groups attached to an aromatic ring is 1. The molecule has 1 atom stereocenters. The van der Waals surface area contributed by atoms with Gasteiger partial charge in [0, 0.05) is 12.7 Å². The first-order valence-corrected chi connectivity index (χ1v) is 6.48. The molecule has 0 saturated carbocycles. The molecule has 0 aliphatic rings. The SMILES string of the molecule is CC(c1cccc(N)c1)N(C)C(=O)c1cccc(F)c1F. The summed E-state index contributed by atoms with van der Waals surface area (Å²) in [5.74, 6) is -2.75. The highest BCUT2D eigenvalue weighted by molar-refractivity contribution is 5.94. The monoisotopic (exact) mass is 290 g/mol. The van der Waals surface area contributed by atoms with Crippen LogP contribution in [-0.2, 0) is 0 Å². The Hall–Kier alpha value is -2.43. The zero-order chi connectivity index (χ0) is 15.6. The van der Waals surface area contributed by atoms with Gasteiger partial charge in [-0.15, -0.1) is 0 Å². The van der Waals surface area contributed by atoms with Crippen LogP contribution in [0.25, 0.3) is 0 Å². The number of carbonyl (C=O) groups excluding carboxylic acids is 1. The zero-order valence-corrected chi connectivity index (χ0v) is 11.8. The first-order chi connectivity index (χ1) is 9.91. The van der Waals surface area contributed by atoms with Crippen LogP contribution in [0.4, 0.5) is 14.5 Å². The fourth-order valence-corrected chi connectivity index (χ4v) is 2.08. The Kier molecular flexibility index (Phi) is 4.21. The summed E-state index contributed by atoms with van der Waals surface area (Å²) in [6, 6.07) is 10.3. The zero-order valence-electron chi connectivity index (χ0n) is 11.8. The molecule has 0 aromatic heterocycles. The molecule has 21 heavy (non-hydrogen) atoms. The van der Waals surface area contributed by atoms with Crippen LogP contribution >= 0.6 is 0 Å². The van der Waals surface area contributed by atoms with Crippen molar-refractivity contribution in [3.63, 3.8) is 0 Å². The van der Waals surface area contributed by atoms with E-state index in [4.69, 9.17) is 5.73 Å². The van der Waals surface area contributed by atoms with Gasteiger partial charge in [-0.1, -0.05) is 18.2 Å². The summed E-state index contributed by atoms with van der Waals surface area (Å²) in [7, 11) is 1.54. The average molecular weight is 290 g/mol. The summed E-state index contributed by atoms with van der Waals surface area (Å²) in [4.78, 5) is 13.7. The van der Waals surface area contributed by atoms with Gasteiger partial charge in [0.1, 0.15) is 0 Å². The largest absolute Gasteiger partial charge is 0.399 e. The summed E-state index contributed by atoms with van der Waals surface area (Å²) >= 11 is 0. The van der Waals surface area contributed by atoms with Crippen molar-refractivity contribution in [3.05, 3.63) is 65.2 Å². The molecule has 0 saturated heterocycles. The third kappa shape index (κ3) is 3.02. The third-order valence-electron chi connectivity index (χ3n) is 3.48. The number of rotatable bonds is 3. The number of benzene rings is 2. The lowest BCUT2D eigenvalue weighted by Crippen LogP contribution is -2.30. The Balaban J connectivity index is 2.29. The van der Waals surface area contributed by atoms with Crippen LogP contribution in [0.15, 0.2) is 42.5 Å². The van der Waals surface area contributed by atoms with Crippen LogP contribution in [-0.4, -0.2) is 17.9 Å². The summed E-state index contributed by atoms with van der Waals surface area (Å²) in [6.45, 7) is 1.80. The van der Waals surface area contributed by atoms with Crippen molar-refractivity contribution in [1.82, 2.24) is 4.90 Å². The van der Waals surface area contributed by atoms with Gasteiger partial charge in [-0.2, -0.15) is 0 Å². The second kappa shape index (κ2) is 5.91. The Bertz CT molecular complexity index is 673. The average Bonchev–Trinajstić information content (AvgIpc) is 2.48. The van der Waals surface area contributed by atoms with E-state index in [9.17, 15) is 13.6 Å². The molecule has 1 unspecified atom stereocenters. The Morgan fingerprint density at radius 2 is 1.86 bits per heavy atom. The molecule has 2 N–H and O–H groups in total. The Morgan fingerprint density at radius 3 is 2.52 bits per heavy atom. The molecule has 0 aliphatic heterocycles. The van der Waals surface area contributed by atoms with Crippen LogP contribution < -0.4 is 5.73 Å². The molecule has 0 radical (unpaired) electrons. The molecule has 2 aromatic carbocycles. The molecule has 3 nitrogen and oxygen atoms in total. The van der Waals surface area contributed by atoms with Crippen molar-refractivity contribution >= 4 is 11.6 Å². The molecular formula is C16H16F2N2O. The molecule has 1 amide bonds. The van der Waals surface area contributed by atoms with Crippen LogP contribution in [0, 0.1) is 11.6 Å². The number of hydrogen-bond acceptors (Lipinski definition) is 2. The van der Waals surface area contributed by atoms with Crippen LogP contribution in [0.2, 0.25) is 0 Å².